The van der Waals surface area contributed by atoms with Crippen molar-refractivity contribution < 1.29 is 40.1 Å². The van der Waals surface area contributed by atoms with E-state index in [1.165, 1.54) is 30.3 Å². The average molecular weight is 500 g/mol. The van der Waals surface area contributed by atoms with Crippen molar-refractivity contribution in [3.63, 3.8) is 0 Å². The number of methoxy groups -OCH3 is 1. The van der Waals surface area contributed by atoms with Crippen molar-refractivity contribution in [3.8, 4) is 5.75 Å². The molecule has 0 saturated carbocycles. The van der Waals surface area contributed by atoms with Gasteiger partial charge in [0.05, 0.1) is 22.7 Å². The first-order chi connectivity index (χ1) is 14.4. The normalized spacial score (nSPS) is 12.7. The molecule has 0 unspecified atom stereocenters. The smallest absolute Gasteiger partial charge is 0.467 e. The molecule has 0 fully saturated rings. The lowest BCUT2D eigenvalue weighted by atomic mass is 10.1. The second kappa shape index (κ2) is 9.75. The highest BCUT2D eigenvalue weighted by Gasteiger charge is 2.48. The molecule has 2 aromatic carbocycles. The van der Waals surface area contributed by atoms with E-state index >= 15 is 0 Å². The molecule has 2 aromatic rings. The topological polar surface area (TPSA) is 98.8 Å². The Kier molecular flexibility index (Phi) is 7.79. The average Bonchev–Trinajstić information content (AvgIpc) is 2.67. The lowest BCUT2D eigenvalue weighted by Crippen LogP contribution is -2.43. The minimum Gasteiger partial charge on any atom is -0.467 e. The Morgan fingerprint density at radius 2 is 1.61 bits per heavy atom. The summed E-state index contributed by atoms with van der Waals surface area (Å²) in [4.78, 5) is 24.6. The number of esters is 1. The molecule has 0 radical (unpaired) electrons. The minimum absolute atomic E-state index is 0.0548. The Balaban J connectivity index is 2.18. The Bertz CT molecular complexity index is 1050. The number of hydrogen-bond acceptors (Lipinski definition) is 6. The molecule has 2 rings (SSSR count). The Morgan fingerprint density at radius 3 is 2.10 bits per heavy atom. The van der Waals surface area contributed by atoms with E-state index in [2.05, 4.69) is 14.2 Å². The molecule has 1 N–H and O–H groups in total. The van der Waals surface area contributed by atoms with Crippen molar-refractivity contribution in [1.82, 2.24) is 5.32 Å². The number of alkyl halides is 3. The van der Waals surface area contributed by atoms with Crippen molar-refractivity contribution in [1.29, 1.82) is 0 Å². The van der Waals surface area contributed by atoms with Gasteiger partial charge in [0.1, 0.15) is 11.8 Å². The van der Waals surface area contributed by atoms with Gasteiger partial charge in [-0.1, -0.05) is 41.4 Å². The van der Waals surface area contributed by atoms with E-state index in [-0.39, 0.29) is 22.0 Å². The zero-order chi connectivity index (χ0) is 23.4. The Morgan fingerprint density at radius 1 is 1.06 bits per heavy atom. The number of amides is 1. The van der Waals surface area contributed by atoms with Crippen LogP contribution in [-0.4, -0.2) is 39.0 Å². The van der Waals surface area contributed by atoms with Gasteiger partial charge < -0.3 is 14.2 Å². The number of carbonyl (C=O) groups excluding carboxylic acids is 2. The second-order valence-electron chi connectivity index (χ2n) is 5.98. The highest BCUT2D eigenvalue weighted by Crippen LogP contribution is 2.27. The molecule has 0 aliphatic carbocycles. The monoisotopic (exact) mass is 499 g/mol. The zero-order valence-corrected chi connectivity index (χ0v) is 17.9. The minimum atomic E-state index is -5.81. The molecule has 7 nitrogen and oxygen atoms in total. The quantitative estimate of drug-likeness (QED) is 0.354. The fourth-order valence-electron chi connectivity index (χ4n) is 2.37. The molecule has 0 bridgehead atoms. The van der Waals surface area contributed by atoms with E-state index in [1.54, 1.807) is 0 Å². The third-order valence-electron chi connectivity index (χ3n) is 3.83. The van der Waals surface area contributed by atoms with Crippen LogP contribution in [0.2, 0.25) is 10.0 Å². The van der Waals surface area contributed by atoms with Gasteiger partial charge in [0, 0.05) is 6.42 Å². The predicted octanol–water partition coefficient (Wildman–Crippen LogP) is 3.74. The second-order valence-corrected chi connectivity index (χ2v) is 8.33. The molecule has 1 atom stereocenters. The Hall–Kier alpha value is -2.50. The fourth-order valence-corrected chi connectivity index (χ4v) is 3.40. The molecule has 31 heavy (non-hydrogen) atoms. The third-order valence-corrected chi connectivity index (χ3v) is 5.44. The van der Waals surface area contributed by atoms with Crippen LogP contribution in [0.4, 0.5) is 13.2 Å². The summed E-state index contributed by atoms with van der Waals surface area (Å²) in [6.45, 7) is 0. The van der Waals surface area contributed by atoms with Gasteiger partial charge in [-0.25, -0.2) is 4.79 Å². The van der Waals surface area contributed by atoms with Gasteiger partial charge >= 0.3 is 21.6 Å². The Labute approximate surface area is 185 Å². The first kappa shape index (κ1) is 24.8. The van der Waals surface area contributed by atoms with Crippen LogP contribution in [-0.2, 0) is 26.1 Å². The van der Waals surface area contributed by atoms with Gasteiger partial charge in [0.15, 0.2) is 0 Å². The largest absolute Gasteiger partial charge is 0.534 e. The lowest BCUT2D eigenvalue weighted by molar-refractivity contribution is -0.142. The van der Waals surface area contributed by atoms with Crippen LogP contribution < -0.4 is 9.50 Å². The van der Waals surface area contributed by atoms with E-state index < -0.39 is 39.3 Å². The summed E-state index contributed by atoms with van der Waals surface area (Å²) in [7, 11) is -4.71. The standard InChI is InChI=1S/C18H14Cl2F3NO6S/c1-29-17(26)14(24-16(25)15-12(19)3-2-4-13(15)20)9-10-5-7-11(8-6-10)30-31(27,28)18(21,22)23/h2-8,14H,9H2,1H3,(H,24,25)/t14-/m0/s1. The van der Waals surface area contributed by atoms with Gasteiger partial charge in [-0.3, -0.25) is 4.79 Å². The van der Waals surface area contributed by atoms with Crippen LogP contribution in [0.3, 0.4) is 0 Å². The summed E-state index contributed by atoms with van der Waals surface area (Å²) in [5.41, 5.74) is -5.27. The molecule has 0 heterocycles. The molecule has 0 aliphatic rings. The number of nitrogens with one attached hydrogen (secondary N) is 1. The van der Waals surface area contributed by atoms with Gasteiger partial charge in [-0.2, -0.15) is 21.6 Å². The summed E-state index contributed by atoms with van der Waals surface area (Å²) < 4.78 is 67.9. The molecule has 1 amide bonds. The summed E-state index contributed by atoms with van der Waals surface area (Å²) in [6, 6.07) is 7.60. The SMILES string of the molecule is COC(=O)[C@H](Cc1ccc(OS(=O)(=O)C(F)(F)F)cc1)NC(=O)c1c(Cl)cccc1Cl. The molecule has 0 aromatic heterocycles. The van der Waals surface area contributed by atoms with Crippen molar-refractivity contribution in [2.24, 2.45) is 0 Å². The van der Waals surface area contributed by atoms with E-state index in [1.807, 2.05) is 0 Å². The fraction of sp³-hybridized carbons (Fsp3) is 0.222. The molecule has 168 valence electrons. The first-order valence-electron chi connectivity index (χ1n) is 8.28. The number of hydrogen-bond donors (Lipinski definition) is 1. The van der Waals surface area contributed by atoms with E-state index in [0.29, 0.717) is 5.56 Å². The molecule has 0 aliphatic heterocycles. The van der Waals surface area contributed by atoms with Crippen molar-refractivity contribution >= 4 is 45.2 Å². The van der Waals surface area contributed by atoms with Crippen LogP contribution in [0.15, 0.2) is 42.5 Å². The number of carbonyl (C=O) groups is 2. The number of rotatable bonds is 7. The summed E-state index contributed by atoms with van der Waals surface area (Å²) in [6.07, 6.45) is -0.132. The van der Waals surface area contributed by atoms with E-state index in [9.17, 15) is 31.2 Å². The van der Waals surface area contributed by atoms with Gasteiger partial charge in [0.2, 0.25) is 0 Å². The predicted molar refractivity (Wildman–Crippen MR) is 105 cm³/mol. The maximum atomic E-state index is 12.5. The van der Waals surface area contributed by atoms with Crippen molar-refractivity contribution in [3.05, 3.63) is 63.6 Å². The molecule has 13 heteroatoms. The number of ether oxygens (including phenoxy) is 1. The first-order valence-corrected chi connectivity index (χ1v) is 10.4. The number of halogens is 5. The van der Waals surface area contributed by atoms with Gasteiger partial charge in [0.25, 0.3) is 5.91 Å². The van der Waals surface area contributed by atoms with Crippen molar-refractivity contribution in [2.75, 3.05) is 7.11 Å². The van der Waals surface area contributed by atoms with Crippen LogP contribution in [0.5, 0.6) is 5.75 Å². The summed E-state index contributed by atoms with van der Waals surface area (Å²) in [5, 5.41) is 2.54. The highest BCUT2D eigenvalue weighted by atomic mass is 35.5. The van der Waals surface area contributed by atoms with Gasteiger partial charge in [-0.05, 0) is 29.8 Å². The third kappa shape index (κ3) is 6.25. The molecular weight excluding hydrogens is 486 g/mol. The molecule has 0 spiro atoms. The highest BCUT2D eigenvalue weighted by molar-refractivity contribution is 7.88. The zero-order valence-electron chi connectivity index (χ0n) is 15.6. The number of benzene rings is 2. The van der Waals surface area contributed by atoms with Crippen LogP contribution in [0.25, 0.3) is 0 Å². The molecule has 0 saturated heterocycles. The molecular formula is C18H14Cl2F3NO6S. The maximum absolute atomic E-state index is 12.5. The van der Waals surface area contributed by atoms with Crippen LogP contribution in [0.1, 0.15) is 15.9 Å². The van der Waals surface area contributed by atoms with Crippen LogP contribution in [0, 0.1) is 0 Å². The van der Waals surface area contributed by atoms with Crippen molar-refractivity contribution in [2.45, 2.75) is 18.0 Å². The van der Waals surface area contributed by atoms with Gasteiger partial charge in [-0.15, -0.1) is 0 Å². The maximum Gasteiger partial charge on any atom is 0.534 e. The summed E-state index contributed by atoms with van der Waals surface area (Å²) in [5.74, 6) is -2.14. The van der Waals surface area contributed by atoms with Crippen LogP contribution >= 0.6 is 23.2 Å². The lowest BCUT2D eigenvalue weighted by Gasteiger charge is -2.18. The van der Waals surface area contributed by atoms with E-state index in [0.717, 1.165) is 19.2 Å². The van der Waals surface area contributed by atoms with E-state index in [4.69, 9.17) is 23.2 Å². The summed E-state index contributed by atoms with van der Waals surface area (Å²) >= 11 is 12.0.